The van der Waals surface area contributed by atoms with Gasteiger partial charge in [-0.05, 0) is 44.2 Å². The first kappa shape index (κ1) is 29.1. The lowest BCUT2D eigenvalue weighted by Gasteiger charge is -2.50. The molecular weight excluding hydrogens is 565 g/mol. The van der Waals surface area contributed by atoms with Crippen molar-refractivity contribution in [2.45, 2.75) is 63.3 Å². The summed E-state index contributed by atoms with van der Waals surface area (Å²) in [4.78, 5) is 22.5. The average molecular weight is 602 g/mol. The summed E-state index contributed by atoms with van der Waals surface area (Å²) in [5.74, 6) is 0.848. The highest BCUT2D eigenvalue weighted by atomic mass is 32.1. The number of alkyl halides is 1. The maximum absolute atomic E-state index is 14.0. The van der Waals surface area contributed by atoms with E-state index in [4.69, 9.17) is 23.4 Å². The van der Waals surface area contributed by atoms with E-state index in [0.29, 0.717) is 48.3 Å². The van der Waals surface area contributed by atoms with Crippen LogP contribution in [0.25, 0.3) is 10.8 Å². The Morgan fingerprint density at radius 2 is 2.00 bits per heavy atom. The summed E-state index contributed by atoms with van der Waals surface area (Å²) in [5, 5.41) is 12.5. The van der Waals surface area contributed by atoms with Crippen LogP contribution in [0.3, 0.4) is 0 Å². The van der Waals surface area contributed by atoms with Crippen molar-refractivity contribution >= 4 is 22.2 Å². The van der Waals surface area contributed by atoms with Gasteiger partial charge in [0.15, 0.2) is 0 Å². The molecule has 226 valence electrons. The number of aliphatic hydroxyl groups is 1. The summed E-state index contributed by atoms with van der Waals surface area (Å²) in [6.07, 6.45) is 3.74. The van der Waals surface area contributed by atoms with Crippen LogP contribution in [0.2, 0.25) is 0 Å². The van der Waals surface area contributed by atoms with Crippen LogP contribution >= 0.6 is 11.3 Å². The van der Waals surface area contributed by atoms with Gasteiger partial charge in [-0.25, -0.2) is 9.37 Å². The molecular formula is C30H36FN3O7S. The Morgan fingerprint density at radius 1 is 1.21 bits per heavy atom. The van der Waals surface area contributed by atoms with E-state index in [2.05, 4.69) is 4.98 Å². The van der Waals surface area contributed by atoms with Crippen molar-refractivity contribution in [3.63, 3.8) is 0 Å². The van der Waals surface area contributed by atoms with E-state index in [1.165, 1.54) is 22.5 Å². The third kappa shape index (κ3) is 5.53. The number of amides is 1. The molecule has 1 aromatic carbocycles. The van der Waals surface area contributed by atoms with Gasteiger partial charge in [0.05, 0.1) is 49.1 Å². The molecule has 1 saturated heterocycles. The van der Waals surface area contributed by atoms with E-state index >= 15 is 0 Å². The lowest BCUT2D eigenvalue weighted by atomic mass is 9.86. The Labute approximate surface area is 247 Å². The largest absolute Gasteiger partial charge is 0.496 e. The molecule has 2 aliphatic heterocycles. The number of ether oxygens (including phenoxy) is 4. The van der Waals surface area contributed by atoms with Crippen molar-refractivity contribution in [1.82, 2.24) is 9.88 Å². The molecule has 10 nitrogen and oxygen atoms in total. The molecule has 42 heavy (non-hydrogen) atoms. The molecule has 1 saturated carbocycles. The Bertz CT molecular complexity index is 1360. The fraction of sp³-hybridized carbons (Fsp3) is 0.533. The molecule has 2 unspecified atom stereocenters. The number of oxazole rings is 1. The number of carbonyl (C=O) groups is 1. The quantitative estimate of drug-likeness (QED) is 0.334. The number of aromatic nitrogens is 1. The van der Waals surface area contributed by atoms with E-state index in [1.54, 1.807) is 13.3 Å². The number of hydrogen-bond donors (Lipinski definition) is 1. The number of methoxy groups -OCH3 is 1. The molecule has 0 radical (unpaired) electrons. The van der Waals surface area contributed by atoms with E-state index in [9.17, 15) is 14.3 Å². The van der Waals surface area contributed by atoms with Crippen molar-refractivity contribution in [1.29, 1.82) is 0 Å². The third-order valence-corrected chi connectivity index (χ3v) is 9.58. The predicted octanol–water partition coefficient (Wildman–Crippen LogP) is 4.71. The number of thiophene rings is 1. The van der Waals surface area contributed by atoms with Gasteiger partial charge in [0.1, 0.15) is 29.8 Å². The van der Waals surface area contributed by atoms with E-state index in [-0.39, 0.29) is 37.3 Å². The van der Waals surface area contributed by atoms with Crippen molar-refractivity contribution in [3.8, 4) is 16.5 Å². The standard InChI is InChI=1S/C30H36FN3O7S/c1-18-25-28(35)34(19-15-21(16-19)39-13-9-31)30(36)33(29(25)42-26(18)27-32-10-14-40-27)17-24(41-20-7-11-38-12-8-20)22-5-3-4-6-23(22)37-2/h3-6,10,14,19-21,24,30,36H,7-9,11-13,15-17H2,1-2H3. The Kier molecular flexibility index (Phi) is 8.77. The van der Waals surface area contributed by atoms with E-state index in [1.807, 2.05) is 36.1 Å². The van der Waals surface area contributed by atoms with Crippen LogP contribution in [0.4, 0.5) is 9.39 Å². The van der Waals surface area contributed by atoms with Crippen LogP contribution in [-0.4, -0.2) is 85.6 Å². The molecule has 3 aliphatic rings. The normalized spacial score (nSPS) is 23.5. The lowest BCUT2D eigenvalue weighted by Crippen LogP contribution is -2.63. The number of hydrogen-bond acceptors (Lipinski definition) is 10. The van der Waals surface area contributed by atoms with Crippen molar-refractivity contribution in [2.75, 3.05) is 45.0 Å². The molecule has 6 rings (SSSR count). The van der Waals surface area contributed by atoms with E-state index < -0.39 is 19.1 Å². The number of aliphatic hydroxyl groups excluding tert-OH is 1. The topological polar surface area (TPSA) is 107 Å². The molecule has 2 atom stereocenters. The van der Waals surface area contributed by atoms with Crippen molar-refractivity contribution < 1.29 is 37.7 Å². The van der Waals surface area contributed by atoms with Crippen LogP contribution in [0, 0.1) is 6.92 Å². The highest BCUT2D eigenvalue weighted by Gasteiger charge is 2.48. The van der Waals surface area contributed by atoms with Gasteiger partial charge in [-0.1, -0.05) is 18.2 Å². The smallest absolute Gasteiger partial charge is 0.260 e. The number of halogens is 1. The summed E-state index contributed by atoms with van der Waals surface area (Å²) in [7, 11) is 1.63. The summed E-state index contributed by atoms with van der Waals surface area (Å²) in [6.45, 7) is 2.86. The van der Waals surface area contributed by atoms with E-state index in [0.717, 1.165) is 28.8 Å². The summed E-state index contributed by atoms with van der Waals surface area (Å²) in [5.41, 5.74) is 2.11. The van der Waals surface area contributed by atoms with Crippen LogP contribution in [0.1, 0.15) is 53.3 Å². The molecule has 0 spiro atoms. The van der Waals surface area contributed by atoms with Crippen LogP contribution < -0.4 is 9.64 Å². The predicted molar refractivity (Wildman–Crippen MR) is 153 cm³/mol. The lowest BCUT2D eigenvalue weighted by molar-refractivity contribution is -0.0968. The van der Waals surface area contributed by atoms with Gasteiger partial charge in [0, 0.05) is 24.8 Å². The number of benzene rings is 1. The number of rotatable bonds is 11. The third-order valence-electron chi connectivity index (χ3n) is 8.26. The van der Waals surface area contributed by atoms with Gasteiger partial charge in [-0.2, -0.15) is 0 Å². The second kappa shape index (κ2) is 12.7. The van der Waals surface area contributed by atoms with Crippen LogP contribution in [0.5, 0.6) is 5.75 Å². The first-order chi connectivity index (χ1) is 20.5. The molecule has 1 aliphatic carbocycles. The van der Waals surface area contributed by atoms with Crippen LogP contribution in [0.15, 0.2) is 41.1 Å². The zero-order chi connectivity index (χ0) is 29.2. The Morgan fingerprint density at radius 3 is 2.71 bits per heavy atom. The van der Waals surface area contributed by atoms with Gasteiger partial charge in [-0.15, -0.1) is 11.3 Å². The first-order valence-corrected chi connectivity index (χ1v) is 15.2. The van der Waals surface area contributed by atoms with Gasteiger partial charge in [0.2, 0.25) is 12.2 Å². The minimum Gasteiger partial charge on any atom is -0.496 e. The number of nitrogens with zero attached hydrogens (tertiary/aromatic N) is 3. The van der Waals surface area contributed by atoms with Gasteiger partial charge in [-0.3, -0.25) is 9.69 Å². The van der Waals surface area contributed by atoms with Gasteiger partial charge < -0.3 is 33.4 Å². The Hall–Kier alpha value is -3.03. The second-order valence-electron chi connectivity index (χ2n) is 10.8. The second-order valence-corrected chi connectivity index (χ2v) is 11.8. The minimum atomic E-state index is -1.25. The van der Waals surface area contributed by atoms with Gasteiger partial charge in [0.25, 0.3) is 5.91 Å². The zero-order valence-corrected chi connectivity index (χ0v) is 24.6. The maximum Gasteiger partial charge on any atom is 0.260 e. The van der Waals surface area contributed by atoms with Crippen molar-refractivity contribution in [2.24, 2.45) is 0 Å². The van der Waals surface area contributed by atoms with Crippen molar-refractivity contribution in [3.05, 3.63) is 53.4 Å². The summed E-state index contributed by atoms with van der Waals surface area (Å²) < 4.78 is 41.8. The SMILES string of the molecule is COc1ccccc1C(CN1c2sc(-c3ncco3)c(C)c2C(=O)N(C2CC(OCCF)C2)C1O)OC1CCOCC1. The monoisotopic (exact) mass is 601 g/mol. The number of anilines is 1. The fourth-order valence-corrected chi connectivity index (χ4v) is 7.26. The zero-order valence-electron chi connectivity index (χ0n) is 23.7. The number of carbonyl (C=O) groups excluding carboxylic acids is 1. The highest BCUT2D eigenvalue weighted by molar-refractivity contribution is 7.20. The highest BCUT2D eigenvalue weighted by Crippen LogP contribution is 2.48. The van der Waals surface area contributed by atoms with Crippen LogP contribution in [-0.2, 0) is 14.2 Å². The average Bonchev–Trinajstić information content (AvgIpc) is 3.64. The fourth-order valence-electron chi connectivity index (χ4n) is 5.99. The Balaban J connectivity index is 1.38. The molecule has 2 aromatic heterocycles. The minimum absolute atomic E-state index is 0.0252. The molecule has 0 bridgehead atoms. The summed E-state index contributed by atoms with van der Waals surface area (Å²) in [6, 6.07) is 7.46. The summed E-state index contributed by atoms with van der Waals surface area (Å²) >= 11 is 1.37. The molecule has 2 fully saturated rings. The molecule has 1 N–H and O–H groups in total. The van der Waals surface area contributed by atoms with Gasteiger partial charge >= 0.3 is 0 Å². The number of fused-ring (bicyclic) bond motifs is 1. The maximum atomic E-state index is 14.0. The number of para-hydroxylation sites is 1. The molecule has 12 heteroatoms. The first-order valence-electron chi connectivity index (χ1n) is 14.3. The molecule has 1 amide bonds. The molecule has 4 heterocycles. The molecule has 3 aromatic rings.